The number of esters is 2. The summed E-state index contributed by atoms with van der Waals surface area (Å²) in [5, 5.41) is 0. The van der Waals surface area contributed by atoms with Crippen molar-refractivity contribution in [1.82, 2.24) is 4.90 Å². The first-order valence-electron chi connectivity index (χ1n) is 6.56. The van der Waals surface area contributed by atoms with Gasteiger partial charge in [0.2, 0.25) is 5.78 Å². The van der Waals surface area contributed by atoms with Crippen LogP contribution in [0.15, 0.2) is 0 Å². The van der Waals surface area contributed by atoms with Crippen LogP contribution in [0.25, 0.3) is 0 Å². The van der Waals surface area contributed by atoms with Crippen LogP contribution >= 0.6 is 0 Å². The molecule has 1 rings (SSSR count). The molecule has 0 bridgehead atoms. The third kappa shape index (κ3) is 2.81. The monoisotopic (exact) mass is 285 g/mol. The van der Waals surface area contributed by atoms with Gasteiger partial charge in [0.25, 0.3) is 5.91 Å². The van der Waals surface area contributed by atoms with Crippen molar-refractivity contribution >= 4 is 23.6 Å². The quantitative estimate of drug-likeness (QED) is 0.398. The minimum absolute atomic E-state index is 0.0635. The van der Waals surface area contributed by atoms with Crippen molar-refractivity contribution in [2.45, 2.75) is 39.8 Å². The number of carbonyl (C=O) groups excluding carboxylic acids is 4. The van der Waals surface area contributed by atoms with Crippen molar-refractivity contribution in [3.05, 3.63) is 0 Å². The molecule has 7 heteroatoms. The van der Waals surface area contributed by atoms with Gasteiger partial charge in [-0.05, 0) is 27.7 Å². The molecule has 1 saturated heterocycles. The Morgan fingerprint density at radius 3 is 2.05 bits per heavy atom. The highest BCUT2D eigenvalue weighted by molar-refractivity contribution is 6.43. The molecule has 1 heterocycles. The van der Waals surface area contributed by atoms with Gasteiger partial charge in [0.15, 0.2) is 12.0 Å². The maximum absolute atomic E-state index is 12.0. The summed E-state index contributed by atoms with van der Waals surface area (Å²) in [5.74, 6) is -4.85. The maximum Gasteiger partial charge on any atom is 0.330 e. The molecule has 0 aromatic rings. The lowest BCUT2D eigenvalue weighted by atomic mass is 9.99. The second kappa shape index (κ2) is 6.49. The summed E-state index contributed by atoms with van der Waals surface area (Å²) >= 11 is 0. The first-order chi connectivity index (χ1) is 9.36. The van der Waals surface area contributed by atoms with Crippen molar-refractivity contribution < 1.29 is 28.7 Å². The molecule has 112 valence electrons. The molecule has 0 aromatic heterocycles. The van der Waals surface area contributed by atoms with Crippen LogP contribution in [0.4, 0.5) is 0 Å². The fourth-order valence-corrected chi connectivity index (χ4v) is 2.19. The largest absolute Gasteiger partial charge is 0.465 e. The zero-order valence-electron chi connectivity index (χ0n) is 12.0. The van der Waals surface area contributed by atoms with Crippen molar-refractivity contribution in [2.75, 3.05) is 13.2 Å². The van der Waals surface area contributed by atoms with E-state index in [-0.39, 0.29) is 13.2 Å². The van der Waals surface area contributed by atoms with Crippen molar-refractivity contribution in [1.29, 1.82) is 0 Å². The van der Waals surface area contributed by atoms with Crippen molar-refractivity contribution in [3.63, 3.8) is 0 Å². The number of Topliss-reactive ketones (excluding diaryl/α,β-unsaturated/α-hetero) is 1. The SMILES string of the molecule is CCOC(=O)[C@@H]1C(=O)C(=O)N(C(C)C)[C@@H]1C(=O)OCC. The Bertz CT molecular complexity index is 431. The smallest absolute Gasteiger partial charge is 0.330 e. The third-order valence-electron chi connectivity index (χ3n) is 2.97. The molecule has 0 spiro atoms. The van der Waals surface area contributed by atoms with Gasteiger partial charge in [-0.2, -0.15) is 0 Å². The van der Waals surface area contributed by atoms with Crippen LogP contribution in [0.1, 0.15) is 27.7 Å². The standard InChI is InChI=1S/C13H19NO6/c1-5-19-12(17)8-9(13(18)20-6-2)14(7(3)4)11(16)10(8)15/h7-9H,5-6H2,1-4H3/t8-,9-/m0/s1. The van der Waals surface area contributed by atoms with E-state index in [1.54, 1.807) is 27.7 Å². The highest BCUT2D eigenvalue weighted by Crippen LogP contribution is 2.27. The highest BCUT2D eigenvalue weighted by Gasteiger charge is 2.56. The van der Waals surface area contributed by atoms with Gasteiger partial charge in [-0.1, -0.05) is 0 Å². The van der Waals surface area contributed by atoms with Crippen LogP contribution in [-0.4, -0.2) is 53.8 Å². The average Bonchev–Trinajstić information content (AvgIpc) is 2.63. The molecule has 0 aliphatic carbocycles. The van der Waals surface area contributed by atoms with Crippen molar-refractivity contribution in [2.24, 2.45) is 5.92 Å². The molecular weight excluding hydrogens is 266 g/mol. The molecule has 1 amide bonds. The van der Waals surface area contributed by atoms with E-state index in [1.165, 1.54) is 0 Å². The predicted molar refractivity (Wildman–Crippen MR) is 67.5 cm³/mol. The molecule has 1 aliphatic rings. The third-order valence-corrected chi connectivity index (χ3v) is 2.97. The van der Waals surface area contributed by atoms with Crippen LogP contribution in [0, 0.1) is 5.92 Å². The summed E-state index contributed by atoms with van der Waals surface area (Å²) in [7, 11) is 0. The second-order valence-corrected chi connectivity index (χ2v) is 4.60. The summed E-state index contributed by atoms with van der Waals surface area (Å²) in [6, 6.07) is -1.64. The lowest BCUT2D eigenvalue weighted by Crippen LogP contribution is -2.47. The van der Waals surface area contributed by atoms with Crippen LogP contribution < -0.4 is 0 Å². The number of carbonyl (C=O) groups is 4. The Kier molecular flexibility index (Phi) is 5.24. The number of hydrogen-bond acceptors (Lipinski definition) is 6. The predicted octanol–water partition coefficient (Wildman–Crippen LogP) is -0.0829. The maximum atomic E-state index is 12.0. The zero-order chi connectivity index (χ0) is 15.4. The molecule has 2 atom stereocenters. The molecule has 1 aliphatic heterocycles. The van der Waals surface area contributed by atoms with E-state index in [4.69, 9.17) is 9.47 Å². The first-order valence-corrected chi connectivity index (χ1v) is 6.56. The zero-order valence-corrected chi connectivity index (χ0v) is 12.0. The number of nitrogens with zero attached hydrogens (tertiary/aromatic N) is 1. The Hall–Kier alpha value is -1.92. The summed E-state index contributed by atoms with van der Waals surface area (Å²) in [4.78, 5) is 48.8. The van der Waals surface area contributed by atoms with Crippen molar-refractivity contribution in [3.8, 4) is 0 Å². The van der Waals surface area contributed by atoms with Gasteiger partial charge in [0.05, 0.1) is 13.2 Å². The topological polar surface area (TPSA) is 90.0 Å². The van der Waals surface area contributed by atoms with Gasteiger partial charge < -0.3 is 14.4 Å². The fourth-order valence-electron chi connectivity index (χ4n) is 2.19. The van der Waals surface area contributed by atoms with E-state index < -0.39 is 41.6 Å². The van der Waals surface area contributed by atoms with E-state index in [0.29, 0.717) is 0 Å². The molecule has 20 heavy (non-hydrogen) atoms. The van der Waals surface area contributed by atoms with E-state index in [1.807, 2.05) is 0 Å². The van der Waals surface area contributed by atoms with E-state index in [2.05, 4.69) is 0 Å². The summed E-state index contributed by atoms with van der Waals surface area (Å²) in [6.45, 7) is 6.66. The fraction of sp³-hybridized carbons (Fsp3) is 0.692. The number of rotatable bonds is 5. The number of ether oxygens (including phenoxy) is 2. The molecule has 7 nitrogen and oxygen atoms in total. The molecular formula is C13H19NO6. The first kappa shape index (κ1) is 16.1. The number of likely N-dealkylation sites (tertiary alicyclic amines) is 1. The van der Waals surface area contributed by atoms with Gasteiger partial charge in [-0.25, -0.2) is 4.79 Å². The summed E-state index contributed by atoms with van der Waals surface area (Å²) < 4.78 is 9.65. The lowest BCUT2D eigenvalue weighted by molar-refractivity contribution is -0.160. The van der Waals surface area contributed by atoms with Gasteiger partial charge >= 0.3 is 11.9 Å². The molecule has 0 N–H and O–H groups in total. The Morgan fingerprint density at radius 2 is 1.60 bits per heavy atom. The average molecular weight is 285 g/mol. The molecule has 1 fully saturated rings. The Labute approximate surface area is 117 Å². The highest BCUT2D eigenvalue weighted by atomic mass is 16.5. The second-order valence-electron chi connectivity index (χ2n) is 4.60. The van der Waals surface area contributed by atoms with Crippen LogP contribution in [-0.2, 0) is 28.7 Å². The molecule has 0 unspecified atom stereocenters. The summed E-state index contributed by atoms with van der Waals surface area (Å²) in [6.07, 6.45) is 0. The number of amides is 1. The molecule has 0 aromatic carbocycles. The van der Waals surface area contributed by atoms with E-state index in [0.717, 1.165) is 4.90 Å². The van der Waals surface area contributed by atoms with E-state index >= 15 is 0 Å². The van der Waals surface area contributed by atoms with Crippen LogP contribution in [0.3, 0.4) is 0 Å². The number of hydrogen-bond donors (Lipinski definition) is 0. The molecule has 0 saturated carbocycles. The normalized spacial score (nSPS) is 22.4. The van der Waals surface area contributed by atoms with E-state index in [9.17, 15) is 19.2 Å². The Morgan fingerprint density at radius 1 is 1.10 bits per heavy atom. The minimum Gasteiger partial charge on any atom is -0.465 e. The Balaban J connectivity index is 3.17. The lowest BCUT2D eigenvalue weighted by Gasteiger charge is -2.27. The van der Waals surface area contributed by atoms with Crippen LogP contribution in [0.5, 0.6) is 0 Å². The minimum atomic E-state index is -1.44. The number of ketones is 1. The van der Waals surface area contributed by atoms with Gasteiger partial charge in [0, 0.05) is 6.04 Å². The van der Waals surface area contributed by atoms with Gasteiger partial charge in [-0.3, -0.25) is 14.4 Å². The van der Waals surface area contributed by atoms with Crippen LogP contribution in [0.2, 0.25) is 0 Å². The summed E-state index contributed by atoms with van der Waals surface area (Å²) in [5.41, 5.74) is 0. The van der Waals surface area contributed by atoms with Gasteiger partial charge in [-0.15, -0.1) is 0 Å². The van der Waals surface area contributed by atoms with Gasteiger partial charge in [0.1, 0.15) is 0 Å². The molecule has 0 radical (unpaired) electrons.